The second kappa shape index (κ2) is 9.94. The molecule has 1 saturated carbocycles. The number of aromatic carboxylic acids is 1. The molecule has 172 valence electrons. The minimum Gasteiger partial charge on any atom is -0.496 e. The normalized spacial score (nSPS) is 18.0. The zero-order chi connectivity index (χ0) is 23.4. The molecule has 33 heavy (non-hydrogen) atoms. The number of benzene rings is 3. The van der Waals surface area contributed by atoms with E-state index in [4.69, 9.17) is 14.2 Å². The molecular weight excluding hydrogens is 420 g/mol. The number of carboxylic acid groups (broad SMARTS) is 1. The molecule has 3 aromatic rings. The van der Waals surface area contributed by atoms with Crippen molar-refractivity contribution < 1.29 is 28.9 Å². The van der Waals surface area contributed by atoms with Crippen molar-refractivity contribution in [3.05, 3.63) is 71.3 Å². The van der Waals surface area contributed by atoms with Crippen LogP contribution < -0.4 is 9.47 Å². The molecule has 0 aliphatic heterocycles. The predicted molar refractivity (Wildman–Crippen MR) is 125 cm³/mol. The van der Waals surface area contributed by atoms with Crippen molar-refractivity contribution in [3.63, 3.8) is 0 Å². The van der Waals surface area contributed by atoms with Gasteiger partial charge in [0.15, 0.2) is 0 Å². The van der Waals surface area contributed by atoms with E-state index in [-0.39, 0.29) is 30.2 Å². The molecule has 0 bridgehead atoms. The van der Waals surface area contributed by atoms with Gasteiger partial charge in [-0.15, -0.1) is 0 Å². The lowest BCUT2D eigenvalue weighted by Crippen LogP contribution is -2.29. The van der Waals surface area contributed by atoms with Crippen LogP contribution in [0.1, 0.15) is 47.2 Å². The summed E-state index contributed by atoms with van der Waals surface area (Å²) in [7, 11) is 1.45. The summed E-state index contributed by atoms with van der Waals surface area (Å²) in [6.07, 6.45) is 2.71. The molecule has 0 atom stereocenters. The molecule has 4 rings (SSSR count). The minimum atomic E-state index is -1.06. The molecule has 1 aliphatic rings. The van der Waals surface area contributed by atoms with Crippen molar-refractivity contribution in [3.8, 4) is 11.5 Å². The third-order valence-electron chi connectivity index (χ3n) is 6.24. The first-order valence-electron chi connectivity index (χ1n) is 11.2. The van der Waals surface area contributed by atoms with E-state index >= 15 is 0 Å². The summed E-state index contributed by atoms with van der Waals surface area (Å²) in [5.74, 6) is -0.528. The Hall–Kier alpha value is -3.54. The molecular formula is C27H28O6. The highest BCUT2D eigenvalue weighted by atomic mass is 16.5. The maximum absolute atomic E-state index is 12.7. The van der Waals surface area contributed by atoms with Crippen molar-refractivity contribution >= 4 is 22.7 Å². The van der Waals surface area contributed by atoms with Gasteiger partial charge in [0.1, 0.15) is 23.7 Å². The van der Waals surface area contributed by atoms with E-state index in [1.54, 1.807) is 13.0 Å². The Bertz CT molecular complexity index is 1160. The van der Waals surface area contributed by atoms with Gasteiger partial charge in [-0.2, -0.15) is 0 Å². The van der Waals surface area contributed by atoms with Crippen molar-refractivity contribution in [2.24, 2.45) is 5.92 Å². The number of carbonyl (C=O) groups is 2. The van der Waals surface area contributed by atoms with E-state index in [1.807, 2.05) is 42.5 Å². The highest BCUT2D eigenvalue weighted by Gasteiger charge is 2.29. The summed E-state index contributed by atoms with van der Waals surface area (Å²) < 4.78 is 16.9. The summed E-state index contributed by atoms with van der Waals surface area (Å²) in [4.78, 5) is 24.2. The standard InChI is InChI=1S/C27H28O6/c1-17-14-22(15-24(26(28)29)25(17)31-2)33-21-12-10-19(11-13-21)27(30)32-16-20-8-5-7-18-6-3-4-9-23(18)20/h3-9,14-15,19,21H,10-13,16H2,1-2H3,(H,28,29). The smallest absolute Gasteiger partial charge is 0.339 e. The summed E-state index contributed by atoms with van der Waals surface area (Å²) in [5.41, 5.74) is 1.79. The van der Waals surface area contributed by atoms with Gasteiger partial charge in [0.05, 0.1) is 19.1 Å². The van der Waals surface area contributed by atoms with E-state index in [0.29, 0.717) is 42.7 Å². The lowest BCUT2D eigenvalue weighted by atomic mass is 9.87. The van der Waals surface area contributed by atoms with Gasteiger partial charge < -0.3 is 19.3 Å². The Balaban J connectivity index is 1.32. The number of hydrogen-bond donors (Lipinski definition) is 1. The van der Waals surface area contributed by atoms with Gasteiger partial charge in [-0.3, -0.25) is 4.79 Å². The van der Waals surface area contributed by atoms with Gasteiger partial charge >= 0.3 is 11.9 Å². The number of rotatable bonds is 7. The molecule has 0 amide bonds. The first kappa shape index (κ1) is 22.6. The van der Waals surface area contributed by atoms with Crippen LogP contribution in [-0.2, 0) is 16.1 Å². The minimum absolute atomic E-state index is 0.0680. The summed E-state index contributed by atoms with van der Waals surface area (Å²) >= 11 is 0. The Kier molecular flexibility index (Phi) is 6.82. The van der Waals surface area contributed by atoms with Crippen LogP contribution in [0.15, 0.2) is 54.6 Å². The van der Waals surface area contributed by atoms with E-state index < -0.39 is 5.97 Å². The lowest BCUT2D eigenvalue weighted by Gasteiger charge is -2.28. The molecule has 6 heteroatoms. The largest absolute Gasteiger partial charge is 0.496 e. The van der Waals surface area contributed by atoms with Gasteiger partial charge in [0.2, 0.25) is 0 Å². The molecule has 0 radical (unpaired) electrons. The zero-order valence-electron chi connectivity index (χ0n) is 18.9. The molecule has 3 aromatic carbocycles. The Morgan fingerprint density at radius 2 is 1.73 bits per heavy atom. The first-order chi connectivity index (χ1) is 16.0. The molecule has 0 saturated heterocycles. The molecule has 1 aliphatic carbocycles. The quantitative estimate of drug-likeness (QED) is 0.478. The third kappa shape index (κ3) is 5.11. The van der Waals surface area contributed by atoms with E-state index in [2.05, 4.69) is 0 Å². The fourth-order valence-electron chi connectivity index (χ4n) is 4.53. The van der Waals surface area contributed by atoms with Crippen molar-refractivity contribution in [1.29, 1.82) is 0 Å². The van der Waals surface area contributed by atoms with Crippen molar-refractivity contribution in [2.75, 3.05) is 7.11 Å². The second-order valence-corrected chi connectivity index (χ2v) is 8.46. The van der Waals surface area contributed by atoms with Crippen molar-refractivity contribution in [2.45, 2.75) is 45.3 Å². The number of carboxylic acids is 1. The monoisotopic (exact) mass is 448 g/mol. The number of methoxy groups -OCH3 is 1. The average Bonchev–Trinajstić information content (AvgIpc) is 2.82. The molecule has 1 fully saturated rings. The van der Waals surface area contributed by atoms with Crippen LogP contribution in [0, 0.1) is 12.8 Å². The summed E-state index contributed by atoms with van der Waals surface area (Å²) in [6, 6.07) is 17.4. The third-order valence-corrected chi connectivity index (χ3v) is 6.24. The molecule has 1 N–H and O–H groups in total. The van der Waals surface area contributed by atoms with Gasteiger partial charge in [-0.1, -0.05) is 42.5 Å². The highest BCUT2D eigenvalue weighted by molar-refractivity contribution is 5.92. The number of aryl methyl sites for hydroxylation is 1. The average molecular weight is 449 g/mol. The SMILES string of the molecule is COc1c(C)cc(OC2CCC(C(=O)OCc3cccc4ccccc34)CC2)cc1C(=O)O. The van der Waals surface area contributed by atoms with Crippen LogP contribution in [-0.4, -0.2) is 30.3 Å². The van der Waals surface area contributed by atoms with Crippen LogP contribution in [0.2, 0.25) is 0 Å². The number of fused-ring (bicyclic) bond motifs is 1. The van der Waals surface area contributed by atoms with Crippen LogP contribution in [0.3, 0.4) is 0 Å². The van der Waals surface area contributed by atoms with Gasteiger partial charge in [0.25, 0.3) is 0 Å². The summed E-state index contributed by atoms with van der Waals surface area (Å²) in [5, 5.41) is 11.7. The Morgan fingerprint density at radius 3 is 2.45 bits per heavy atom. The molecule has 0 aromatic heterocycles. The molecule has 0 heterocycles. The zero-order valence-corrected chi connectivity index (χ0v) is 18.9. The molecule has 6 nitrogen and oxygen atoms in total. The van der Waals surface area contributed by atoms with E-state index in [0.717, 1.165) is 16.3 Å². The van der Waals surface area contributed by atoms with Crippen LogP contribution in [0.25, 0.3) is 10.8 Å². The maximum Gasteiger partial charge on any atom is 0.339 e. The van der Waals surface area contributed by atoms with E-state index in [9.17, 15) is 14.7 Å². The predicted octanol–water partition coefficient (Wildman–Crippen LogP) is 5.54. The first-order valence-corrected chi connectivity index (χ1v) is 11.2. The fourth-order valence-corrected chi connectivity index (χ4v) is 4.53. The number of hydrogen-bond acceptors (Lipinski definition) is 5. The topological polar surface area (TPSA) is 82.1 Å². The number of esters is 1. The van der Waals surface area contributed by atoms with Gasteiger partial charge in [-0.05, 0) is 66.6 Å². The number of carbonyl (C=O) groups excluding carboxylic acids is 1. The van der Waals surface area contributed by atoms with Crippen LogP contribution >= 0.6 is 0 Å². The lowest BCUT2D eigenvalue weighted by molar-refractivity contribution is -0.151. The van der Waals surface area contributed by atoms with Crippen LogP contribution in [0.4, 0.5) is 0 Å². The second-order valence-electron chi connectivity index (χ2n) is 8.46. The van der Waals surface area contributed by atoms with Gasteiger partial charge in [-0.25, -0.2) is 4.79 Å². The van der Waals surface area contributed by atoms with Crippen LogP contribution in [0.5, 0.6) is 11.5 Å². The van der Waals surface area contributed by atoms with Gasteiger partial charge in [0, 0.05) is 0 Å². The highest BCUT2D eigenvalue weighted by Crippen LogP contribution is 2.33. The fraction of sp³-hybridized carbons (Fsp3) is 0.333. The Morgan fingerprint density at radius 1 is 1.00 bits per heavy atom. The number of ether oxygens (including phenoxy) is 3. The Labute approximate surface area is 193 Å². The van der Waals surface area contributed by atoms with E-state index in [1.165, 1.54) is 13.2 Å². The summed E-state index contributed by atoms with van der Waals surface area (Å²) in [6.45, 7) is 2.06. The molecule has 0 unspecified atom stereocenters. The molecule has 0 spiro atoms. The maximum atomic E-state index is 12.7. The van der Waals surface area contributed by atoms with Crippen molar-refractivity contribution in [1.82, 2.24) is 0 Å².